The van der Waals surface area contributed by atoms with Crippen molar-refractivity contribution in [3.63, 3.8) is 0 Å². The van der Waals surface area contributed by atoms with Gasteiger partial charge in [-0.2, -0.15) is 0 Å². The van der Waals surface area contributed by atoms with Crippen LogP contribution in [0, 0.1) is 11.8 Å². The van der Waals surface area contributed by atoms with Crippen LogP contribution in [0.15, 0.2) is 47.6 Å². The van der Waals surface area contributed by atoms with Gasteiger partial charge in [-0.15, -0.1) is 0 Å². The molecule has 0 radical (unpaired) electrons. The minimum atomic E-state index is 0.0111. The molecule has 0 spiro atoms. The van der Waals surface area contributed by atoms with Crippen molar-refractivity contribution in [2.24, 2.45) is 5.73 Å². The lowest BCUT2D eigenvalue weighted by molar-refractivity contribution is 0.856. The number of benzene rings is 1. The normalized spacial score (nSPS) is 25.6. The van der Waals surface area contributed by atoms with Gasteiger partial charge in [0.05, 0.1) is 12.0 Å². The smallest absolute Gasteiger partial charge is 0.0690 e. The molecule has 0 saturated heterocycles. The van der Waals surface area contributed by atoms with Gasteiger partial charge in [-0.05, 0) is 35.3 Å². The first-order chi connectivity index (χ1) is 7.77. The Morgan fingerprint density at radius 3 is 2.75 bits per heavy atom. The highest BCUT2D eigenvalue weighted by atomic mass is 14.7. The van der Waals surface area contributed by atoms with E-state index < -0.39 is 0 Å². The van der Waals surface area contributed by atoms with Crippen LogP contribution in [-0.2, 0) is 0 Å². The molecule has 0 bridgehead atoms. The van der Waals surface area contributed by atoms with Gasteiger partial charge in [-0.3, -0.25) is 0 Å². The van der Waals surface area contributed by atoms with Crippen LogP contribution in [0.25, 0.3) is 0 Å². The molecule has 0 fully saturated rings. The van der Waals surface area contributed by atoms with Crippen LogP contribution in [0.2, 0.25) is 0 Å². The molecule has 1 heteroatoms. The zero-order valence-corrected chi connectivity index (χ0v) is 9.20. The fourth-order valence-corrected chi connectivity index (χ4v) is 2.47. The molecule has 2 aliphatic rings. The number of hydrogen-bond acceptors (Lipinski definition) is 1. The lowest BCUT2D eigenvalue weighted by Gasteiger charge is -2.08. The van der Waals surface area contributed by atoms with Gasteiger partial charge in [0.15, 0.2) is 0 Å². The van der Waals surface area contributed by atoms with Crippen molar-refractivity contribution >= 4 is 0 Å². The quantitative estimate of drug-likeness (QED) is 0.650. The first-order valence-electron chi connectivity index (χ1n) is 5.51. The van der Waals surface area contributed by atoms with E-state index in [2.05, 4.69) is 43.0 Å². The van der Waals surface area contributed by atoms with Crippen LogP contribution < -0.4 is 5.73 Å². The molecular formula is C15H13N. The molecular weight excluding hydrogens is 194 g/mol. The summed E-state index contributed by atoms with van der Waals surface area (Å²) in [5, 5.41) is 0. The molecule has 3 rings (SSSR count). The van der Waals surface area contributed by atoms with Crippen molar-refractivity contribution in [1.82, 2.24) is 0 Å². The second-order valence-corrected chi connectivity index (χ2v) is 4.36. The molecule has 1 aromatic rings. The maximum Gasteiger partial charge on any atom is 0.0690 e. The van der Waals surface area contributed by atoms with Crippen molar-refractivity contribution in [2.45, 2.75) is 18.9 Å². The lowest BCUT2D eigenvalue weighted by Crippen LogP contribution is -2.09. The average Bonchev–Trinajstić information content (AvgIpc) is 2.47. The van der Waals surface area contributed by atoms with Crippen LogP contribution in [0.1, 0.15) is 30.0 Å². The molecule has 0 saturated carbocycles. The van der Waals surface area contributed by atoms with Gasteiger partial charge >= 0.3 is 0 Å². The summed E-state index contributed by atoms with van der Waals surface area (Å²) in [6.07, 6.45) is 4.13. The van der Waals surface area contributed by atoms with E-state index in [1.165, 1.54) is 22.3 Å². The second-order valence-electron chi connectivity index (χ2n) is 4.36. The highest BCUT2D eigenvalue weighted by molar-refractivity contribution is 5.57. The summed E-state index contributed by atoms with van der Waals surface area (Å²) in [5.41, 5.74) is 11.2. The summed E-state index contributed by atoms with van der Waals surface area (Å²) < 4.78 is 0. The molecule has 1 nitrogen and oxygen atoms in total. The van der Waals surface area contributed by atoms with Gasteiger partial charge in [0.2, 0.25) is 0 Å². The van der Waals surface area contributed by atoms with Gasteiger partial charge in [-0.1, -0.05) is 42.2 Å². The lowest BCUT2D eigenvalue weighted by atomic mass is 9.97. The monoisotopic (exact) mass is 207 g/mol. The molecule has 0 aromatic heterocycles. The Labute approximate surface area is 95.7 Å². The van der Waals surface area contributed by atoms with Crippen LogP contribution in [-0.4, -0.2) is 0 Å². The summed E-state index contributed by atoms with van der Waals surface area (Å²) in [6.45, 7) is 2.07. The third-order valence-electron chi connectivity index (χ3n) is 3.26. The molecule has 2 unspecified atom stereocenters. The summed E-state index contributed by atoms with van der Waals surface area (Å²) in [4.78, 5) is 0. The van der Waals surface area contributed by atoms with E-state index in [0.717, 1.165) is 0 Å². The topological polar surface area (TPSA) is 26.0 Å². The predicted octanol–water partition coefficient (Wildman–Crippen LogP) is 2.67. The van der Waals surface area contributed by atoms with Gasteiger partial charge in [0, 0.05) is 0 Å². The largest absolute Gasteiger partial charge is 0.320 e. The maximum absolute atomic E-state index is 6.27. The highest BCUT2D eigenvalue weighted by Crippen LogP contribution is 2.43. The maximum atomic E-state index is 6.27. The van der Waals surface area contributed by atoms with Gasteiger partial charge < -0.3 is 5.73 Å². The Balaban J connectivity index is 2.22. The van der Waals surface area contributed by atoms with E-state index in [4.69, 9.17) is 5.73 Å². The van der Waals surface area contributed by atoms with Crippen LogP contribution in [0.5, 0.6) is 0 Å². The summed E-state index contributed by atoms with van der Waals surface area (Å²) in [5.74, 6) is 6.59. The van der Waals surface area contributed by atoms with E-state index in [1.54, 1.807) is 0 Å². The first kappa shape index (κ1) is 9.45. The Kier molecular flexibility index (Phi) is 1.99. The van der Waals surface area contributed by atoms with E-state index in [9.17, 15) is 0 Å². The molecule has 16 heavy (non-hydrogen) atoms. The van der Waals surface area contributed by atoms with E-state index in [-0.39, 0.29) is 12.0 Å². The zero-order chi connectivity index (χ0) is 11.1. The van der Waals surface area contributed by atoms with E-state index in [1.807, 2.05) is 12.1 Å². The Hall–Kier alpha value is -1.78. The molecule has 2 N–H and O–H groups in total. The Morgan fingerprint density at radius 1 is 1.19 bits per heavy atom. The first-order valence-corrected chi connectivity index (χ1v) is 5.51. The third kappa shape index (κ3) is 1.24. The number of rotatable bonds is 0. The number of fused-ring (bicyclic) bond motifs is 3. The van der Waals surface area contributed by atoms with Crippen molar-refractivity contribution in [2.75, 3.05) is 0 Å². The van der Waals surface area contributed by atoms with Crippen LogP contribution in [0.4, 0.5) is 0 Å². The number of nitrogens with two attached hydrogens (primary N) is 1. The SMILES string of the molecule is CC1=CC#CC2C(=C1)C(N)c1ccccc12. The third-order valence-corrected chi connectivity index (χ3v) is 3.26. The molecule has 2 atom stereocenters. The fourth-order valence-electron chi connectivity index (χ4n) is 2.47. The second kappa shape index (κ2) is 3.37. The number of hydrogen-bond donors (Lipinski definition) is 1. The standard InChI is InChI=1S/C15H13N/c1-10-5-4-8-12-11-6-2-3-7-13(11)15(16)14(12)9-10/h2-3,5-7,9,12,15H,16H2,1H3. The molecule has 0 aliphatic heterocycles. The molecule has 2 aliphatic carbocycles. The molecule has 0 heterocycles. The van der Waals surface area contributed by atoms with E-state index in [0.29, 0.717) is 0 Å². The Bertz CT molecular complexity index is 567. The van der Waals surface area contributed by atoms with Gasteiger partial charge in [0.25, 0.3) is 0 Å². The molecule has 78 valence electrons. The summed E-state index contributed by atoms with van der Waals surface area (Å²) >= 11 is 0. The highest BCUT2D eigenvalue weighted by Gasteiger charge is 2.32. The zero-order valence-electron chi connectivity index (χ0n) is 9.20. The van der Waals surface area contributed by atoms with Crippen LogP contribution >= 0.6 is 0 Å². The minimum absolute atomic E-state index is 0.0111. The van der Waals surface area contributed by atoms with Gasteiger partial charge in [0.1, 0.15) is 0 Å². The average molecular weight is 207 g/mol. The fraction of sp³-hybridized carbons (Fsp3) is 0.200. The van der Waals surface area contributed by atoms with Crippen molar-refractivity contribution < 1.29 is 0 Å². The molecule has 0 amide bonds. The van der Waals surface area contributed by atoms with Crippen LogP contribution in [0.3, 0.4) is 0 Å². The molecule has 1 aromatic carbocycles. The summed E-state index contributed by atoms with van der Waals surface area (Å²) in [7, 11) is 0. The van der Waals surface area contributed by atoms with Crippen molar-refractivity contribution in [3.05, 3.63) is 58.7 Å². The number of allylic oxidation sites excluding steroid dienone is 3. The van der Waals surface area contributed by atoms with Gasteiger partial charge in [-0.25, -0.2) is 0 Å². The Morgan fingerprint density at radius 2 is 1.94 bits per heavy atom. The van der Waals surface area contributed by atoms with E-state index >= 15 is 0 Å². The summed E-state index contributed by atoms with van der Waals surface area (Å²) in [6, 6.07) is 8.35. The van der Waals surface area contributed by atoms with Crippen molar-refractivity contribution in [1.29, 1.82) is 0 Å². The minimum Gasteiger partial charge on any atom is -0.320 e. The van der Waals surface area contributed by atoms with Crippen molar-refractivity contribution in [3.8, 4) is 11.8 Å². The predicted molar refractivity (Wildman–Crippen MR) is 65.7 cm³/mol.